The van der Waals surface area contributed by atoms with Crippen LogP contribution in [0.25, 0.3) is 0 Å². The maximum Gasteiger partial charge on any atom is 0.0912 e. The average Bonchev–Trinajstić information content (AvgIpc) is 2.58. The maximum absolute atomic E-state index is 9.85. The summed E-state index contributed by atoms with van der Waals surface area (Å²) in [6, 6.07) is 4.13. The highest BCUT2D eigenvalue weighted by Crippen LogP contribution is 2.47. The molecule has 0 aromatic carbocycles. The van der Waals surface area contributed by atoms with E-state index in [1.165, 1.54) is 11.3 Å². The van der Waals surface area contributed by atoms with Crippen LogP contribution in [-0.4, -0.2) is 5.11 Å². The monoisotopic (exact) mass is 182 g/mol. The van der Waals surface area contributed by atoms with E-state index < -0.39 is 0 Å². The number of hydrogen-bond donors (Lipinski definition) is 1. The van der Waals surface area contributed by atoms with Gasteiger partial charge >= 0.3 is 0 Å². The van der Waals surface area contributed by atoms with Crippen LogP contribution in [0.2, 0.25) is 0 Å². The summed E-state index contributed by atoms with van der Waals surface area (Å²) in [6.45, 7) is 4.28. The molecule has 1 N–H and O–H groups in total. The Morgan fingerprint density at radius 1 is 1.58 bits per heavy atom. The summed E-state index contributed by atoms with van der Waals surface area (Å²) in [5.74, 6) is 1.26. The van der Waals surface area contributed by atoms with Crippen LogP contribution < -0.4 is 0 Å². The zero-order valence-corrected chi connectivity index (χ0v) is 8.27. The number of aliphatic hydroxyl groups excluding tert-OH is 1. The molecule has 1 fully saturated rings. The summed E-state index contributed by atoms with van der Waals surface area (Å²) in [5.41, 5.74) is 0. The van der Waals surface area contributed by atoms with Gasteiger partial charge in [0.1, 0.15) is 0 Å². The fraction of sp³-hybridized carbons (Fsp3) is 0.600. The smallest absolute Gasteiger partial charge is 0.0912 e. The number of hydrogen-bond acceptors (Lipinski definition) is 2. The van der Waals surface area contributed by atoms with Crippen molar-refractivity contribution in [1.82, 2.24) is 0 Å². The van der Waals surface area contributed by atoms with Crippen molar-refractivity contribution in [1.29, 1.82) is 0 Å². The molecule has 1 aliphatic rings. The average molecular weight is 182 g/mol. The van der Waals surface area contributed by atoms with Gasteiger partial charge in [0.2, 0.25) is 0 Å². The summed E-state index contributed by atoms with van der Waals surface area (Å²) < 4.78 is 0. The molecule has 1 aliphatic carbocycles. The zero-order valence-electron chi connectivity index (χ0n) is 7.45. The van der Waals surface area contributed by atoms with Crippen LogP contribution in [0.1, 0.15) is 29.2 Å². The lowest BCUT2D eigenvalue weighted by atomic mass is 10.2. The van der Waals surface area contributed by atoms with E-state index >= 15 is 0 Å². The molecule has 1 saturated carbocycles. The molecule has 3 atom stereocenters. The van der Waals surface area contributed by atoms with E-state index in [2.05, 4.69) is 26.0 Å². The molecule has 2 heteroatoms. The van der Waals surface area contributed by atoms with Crippen molar-refractivity contribution in [3.63, 3.8) is 0 Å². The van der Waals surface area contributed by atoms with Gasteiger partial charge in [-0.15, -0.1) is 11.3 Å². The number of thiophene rings is 1. The molecule has 12 heavy (non-hydrogen) atoms. The first kappa shape index (κ1) is 8.27. The van der Waals surface area contributed by atoms with Gasteiger partial charge in [0.25, 0.3) is 0 Å². The second kappa shape index (κ2) is 2.86. The van der Waals surface area contributed by atoms with Crippen molar-refractivity contribution in [2.75, 3.05) is 0 Å². The van der Waals surface area contributed by atoms with Gasteiger partial charge < -0.3 is 5.11 Å². The van der Waals surface area contributed by atoms with Crippen molar-refractivity contribution >= 4 is 11.3 Å². The van der Waals surface area contributed by atoms with Crippen molar-refractivity contribution in [2.45, 2.75) is 26.4 Å². The molecule has 0 radical (unpaired) electrons. The normalized spacial score (nSPS) is 30.2. The van der Waals surface area contributed by atoms with Crippen molar-refractivity contribution in [3.8, 4) is 0 Å². The SMILES string of the molecule is Cc1ccc(C(O)C2CC2C)s1. The highest BCUT2D eigenvalue weighted by molar-refractivity contribution is 7.12. The Hall–Kier alpha value is -0.340. The Balaban J connectivity index is 2.09. The van der Waals surface area contributed by atoms with E-state index in [-0.39, 0.29) is 6.10 Å². The van der Waals surface area contributed by atoms with Crippen LogP contribution in [0.15, 0.2) is 12.1 Å². The molecule has 66 valence electrons. The van der Waals surface area contributed by atoms with Crippen LogP contribution in [0.5, 0.6) is 0 Å². The Morgan fingerprint density at radius 3 is 2.67 bits per heavy atom. The molecule has 2 rings (SSSR count). The minimum atomic E-state index is -0.196. The largest absolute Gasteiger partial charge is 0.387 e. The molecule has 3 unspecified atom stereocenters. The Labute approximate surface area is 77.0 Å². The third kappa shape index (κ3) is 1.41. The molecule has 1 nitrogen and oxygen atoms in total. The molecule has 1 heterocycles. The maximum atomic E-state index is 9.85. The van der Waals surface area contributed by atoms with Gasteiger partial charge in [0, 0.05) is 9.75 Å². The van der Waals surface area contributed by atoms with Crippen LogP contribution in [-0.2, 0) is 0 Å². The topological polar surface area (TPSA) is 20.2 Å². The lowest BCUT2D eigenvalue weighted by molar-refractivity contribution is 0.152. The second-order valence-corrected chi connectivity index (χ2v) is 5.09. The van der Waals surface area contributed by atoms with Gasteiger partial charge in [0.05, 0.1) is 6.10 Å². The first-order valence-corrected chi connectivity index (χ1v) is 5.24. The van der Waals surface area contributed by atoms with Gasteiger partial charge in [-0.3, -0.25) is 0 Å². The molecule has 0 bridgehead atoms. The van der Waals surface area contributed by atoms with Gasteiger partial charge in [-0.05, 0) is 37.3 Å². The minimum Gasteiger partial charge on any atom is -0.387 e. The lowest BCUT2D eigenvalue weighted by Gasteiger charge is -2.05. The van der Waals surface area contributed by atoms with Gasteiger partial charge in [-0.25, -0.2) is 0 Å². The fourth-order valence-corrected chi connectivity index (χ4v) is 2.55. The molecule has 0 amide bonds. The Bertz CT molecular complexity index is 279. The third-order valence-electron chi connectivity index (χ3n) is 2.63. The van der Waals surface area contributed by atoms with Crippen LogP contribution in [0, 0.1) is 18.8 Å². The number of rotatable bonds is 2. The van der Waals surface area contributed by atoms with E-state index in [1.54, 1.807) is 11.3 Å². The molecule has 1 aromatic heterocycles. The van der Waals surface area contributed by atoms with E-state index in [1.807, 2.05) is 0 Å². The Kier molecular flexibility index (Phi) is 1.97. The molecule has 0 aliphatic heterocycles. The summed E-state index contributed by atoms with van der Waals surface area (Å²) in [7, 11) is 0. The molecular formula is C10H14OS. The second-order valence-electron chi connectivity index (χ2n) is 3.77. The predicted octanol–water partition coefficient (Wildman–Crippen LogP) is 2.75. The third-order valence-corrected chi connectivity index (χ3v) is 3.70. The Morgan fingerprint density at radius 2 is 2.25 bits per heavy atom. The lowest BCUT2D eigenvalue weighted by Crippen LogP contribution is -1.97. The van der Waals surface area contributed by atoms with Crippen molar-refractivity contribution < 1.29 is 5.11 Å². The quantitative estimate of drug-likeness (QED) is 0.745. The van der Waals surface area contributed by atoms with E-state index in [0.29, 0.717) is 5.92 Å². The molecule has 1 aromatic rings. The molecular weight excluding hydrogens is 168 g/mol. The zero-order chi connectivity index (χ0) is 8.72. The summed E-state index contributed by atoms with van der Waals surface area (Å²) in [5, 5.41) is 9.85. The summed E-state index contributed by atoms with van der Waals surface area (Å²) in [6.07, 6.45) is 0.997. The van der Waals surface area contributed by atoms with E-state index in [0.717, 1.165) is 10.8 Å². The predicted molar refractivity (Wildman–Crippen MR) is 51.3 cm³/mol. The van der Waals surface area contributed by atoms with Crippen LogP contribution in [0.4, 0.5) is 0 Å². The fourth-order valence-electron chi connectivity index (χ4n) is 1.61. The minimum absolute atomic E-state index is 0.196. The number of aliphatic hydroxyl groups is 1. The highest BCUT2D eigenvalue weighted by Gasteiger charge is 2.39. The van der Waals surface area contributed by atoms with Crippen molar-refractivity contribution in [3.05, 3.63) is 21.9 Å². The van der Waals surface area contributed by atoms with Gasteiger partial charge in [-0.2, -0.15) is 0 Å². The summed E-state index contributed by atoms with van der Waals surface area (Å²) in [4.78, 5) is 2.43. The first-order chi connectivity index (χ1) is 5.68. The van der Waals surface area contributed by atoms with Crippen LogP contribution >= 0.6 is 11.3 Å². The van der Waals surface area contributed by atoms with Gasteiger partial charge in [0.15, 0.2) is 0 Å². The number of aryl methyl sites for hydroxylation is 1. The van der Waals surface area contributed by atoms with E-state index in [9.17, 15) is 5.11 Å². The van der Waals surface area contributed by atoms with E-state index in [4.69, 9.17) is 0 Å². The molecule has 0 spiro atoms. The molecule has 0 saturated heterocycles. The van der Waals surface area contributed by atoms with Crippen molar-refractivity contribution in [2.24, 2.45) is 11.8 Å². The highest BCUT2D eigenvalue weighted by atomic mass is 32.1. The van der Waals surface area contributed by atoms with Crippen LogP contribution in [0.3, 0.4) is 0 Å². The van der Waals surface area contributed by atoms with Gasteiger partial charge in [-0.1, -0.05) is 6.92 Å². The summed E-state index contributed by atoms with van der Waals surface area (Å²) >= 11 is 1.72. The first-order valence-electron chi connectivity index (χ1n) is 4.43. The standard InChI is InChI=1S/C10H14OS/c1-6-5-8(6)10(11)9-4-3-7(2)12-9/h3-4,6,8,10-11H,5H2,1-2H3.